The molecule has 0 bridgehead atoms. The first-order valence-electron chi connectivity index (χ1n) is 19.9. The van der Waals surface area contributed by atoms with E-state index in [-0.39, 0.29) is 12.1 Å². The minimum atomic E-state index is -0.360. The molecule has 1 atom stereocenters. The van der Waals surface area contributed by atoms with Gasteiger partial charge in [-0.2, -0.15) is 0 Å². The van der Waals surface area contributed by atoms with Gasteiger partial charge in [0.1, 0.15) is 0 Å². The van der Waals surface area contributed by atoms with Crippen molar-refractivity contribution in [3.05, 3.63) is 0 Å². The molecule has 2 N–H and O–H groups in total. The fourth-order valence-corrected chi connectivity index (χ4v) is 6.15. The number of nitrogens with one attached hydrogen (secondary N) is 1. The zero-order valence-corrected chi connectivity index (χ0v) is 30.3. The van der Waals surface area contributed by atoms with Crippen LogP contribution in [0.4, 0.5) is 0 Å². The Kier molecular flexibility index (Phi) is 36.3. The maximum Gasteiger partial charge on any atom is 0.305 e. The molecule has 0 saturated heterocycles. The SMILES string of the molecule is CCCCCCCCCCCCCCCOC(=O)CCCNCC(O)CN(CCC)CCCCCCCCCCCCCC. The second kappa shape index (κ2) is 36.8. The second-order valence-corrected chi connectivity index (χ2v) is 13.6. The zero-order valence-electron chi connectivity index (χ0n) is 30.3. The summed E-state index contributed by atoms with van der Waals surface area (Å²) in [6, 6.07) is 0. The van der Waals surface area contributed by atoms with Crippen LogP contribution in [-0.2, 0) is 9.53 Å². The van der Waals surface area contributed by atoms with E-state index in [4.69, 9.17) is 4.74 Å². The quantitative estimate of drug-likeness (QED) is 0.0532. The van der Waals surface area contributed by atoms with E-state index in [2.05, 4.69) is 31.0 Å². The lowest BCUT2D eigenvalue weighted by Crippen LogP contribution is -2.39. The van der Waals surface area contributed by atoms with Crippen LogP contribution in [0.5, 0.6) is 0 Å². The molecule has 0 aromatic rings. The first kappa shape index (κ1) is 43.4. The van der Waals surface area contributed by atoms with Gasteiger partial charge in [-0.15, -0.1) is 0 Å². The molecular formula is C39H80N2O3. The van der Waals surface area contributed by atoms with Crippen LogP contribution >= 0.6 is 0 Å². The van der Waals surface area contributed by atoms with E-state index in [0.29, 0.717) is 19.6 Å². The Balaban J connectivity index is 3.56. The van der Waals surface area contributed by atoms with Gasteiger partial charge < -0.3 is 20.1 Å². The molecule has 0 rings (SSSR count). The summed E-state index contributed by atoms with van der Waals surface area (Å²) in [6.45, 7) is 11.6. The summed E-state index contributed by atoms with van der Waals surface area (Å²) in [5.41, 5.74) is 0. The molecule has 44 heavy (non-hydrogen) atoms. The summed E-state index contributed by atoms with van der Waals surface area (Å²) in [4.78, 5) is 14.5. The van der Waals surface area contributed by atoms with Crippen molar-refractivity contribution in [2.45, 2.75) is 207 Å². The Bertz CT molecular complexity index is 559. The van der Waals surface area contributed by atoms with Crippen molar-refractivity contribution < 1.29 is 14.6 Å². The standard InChI is InChI=1S/C39H80N2O3/c1-4-7-9-11-13-15-17-19-21-23-25-27-29-35-44-39(43)31-30-32-40-36-38(42)37-41(33-6-3)34-28-26-24-22-20-18-16-14-12-10-8-5-2/h38,40,42H,4-37H2,1-3H3. The predicted molar refractivity (Wildman–Crippen MR) is 193 cm³/mol. The molecule has 0 amide bonds. The highest BCUT2D eigenvalue weighted by Crippen LogP contribution is 2.14. The summed E-state index contributed by atoms with van der Waals surface area (Å²) >= 11 is 0. The normalized spacial score (nSPS) is 12.3. The highest BCUT2D eigenvalue weighted by molar-refractivity contribution is 5.69. The summed E-state index contributed by atoms with van der Waals surface area (Å²) in [7, 11) is 0. The molecule has 0 aliphatic carbocycles. The Morgan fingerprint density at radius 1 is 0.568 bits per heavy atom. The smallest absolute Gasteiger partial charge is 0.305 e. The predicted octanol–water partition coefficient (Wildman–Crippen LogP) is 10.8. The van der Waals surface area contributed by atoms with Crippen molar-refractivity contribution in [1.29, 1.82) is 0 Å². The average molecular weight is 625 g/mol. The summed E-state index contributed by atoms with van der Waals surface area (Å²) in [5.74, 6) is -0.0807. The molecule has 1 unspecified atom stereocenters. The number of hydrogen-bond donors (Lipinski definition) is 2. The summed E-state index contributed by atoms with van der Waals surface area (Å²) < 4.78 is 5.42. The maximum absolute atomic E-state index is 12.0. The van der Waals surface area contributed by atoms with E-state index in [1.807, 2.05) is 0 Å². The third kappa shape index (κ3) is 34.2. The number of esters is 1. The van der Waals surface area contributed by atoms with Crippen LogP contribution < -0.4 is 5.32 Å². The molecular weight excluding hydrogens is 544 g/mol. The van der Waals surface area contributed by atoms with Crippen molar-refractivity contribution in [1.82, 2.24) is 10.2 Å². The van der Waals surface area contributed by atoms with Gasteiger partial charge in [0.2, 0.25) is 0 Å². The third-order valence-electron chi connectivity index (χ3n) is 8.96. The molecule has 5 heteroatoms. The summed E-state index contributed by atoms with van der Waals surface area (Å²) in [5, 5.41) is 13.9. The van der Waals surface area contributed by atoms with Gasteiger partial charge in [-0.1, -0.05) is 168 Å². The molecule has 5 nitrogen and oxygen atoms in total. The van der Waals surface area contributed by atoms with Crippen LogP contribution in [0.3, 0.4) is 0 Å². The molecule has 0 fully saturated rings. The van der Waals surface area contributed by atoms with Crippen molar-refractivity contribution >= 4 is 5.97 Å². The van der Waals surface area contributed by atoms with Crippen LogP contribution in [0.1, 0.15) is 201 Å². The summed E-state index contributed by atoms with van der Waals surface area (Å²) in [6.07, 6.45) is 35.8. The third-order valence-corrected chi connectivity index (χ3v) is 8.96. The monoisotopic (exact) mass is 625 g/mol. The first-order chi connectivity index (χ1) is 21.6. The van der Waals surface area contributed by atoms with Crippen molar-refractivity contribution in [3.63, 3.8) is 0 Å². The molecule has 0 aromatic carbocycles. The average Bonchev–Trinajstić information content (AvgIpc) is 3.01. The van der Waals surface area contributed by atoms with Crippen LogP contribution in [0.15, 0.2) is 0 Å². The van der Waals surface area contributed by atoms with E-state index in [9.17, 15) is 9.90 Å². The lowest BCUT2D eigenvalue weighted by atomic mass is 10.0. The van der Waals surface area contributed by atoms with Crippen molar-refractivity contribution in [3.8, 4) is 0 Å². The number of carbonyl (C=O) groups excluding carboxylic acids is 1. The molecule has 0 heterocycles. The van der Waals surface area contributed by atoms with E-state index in [1.165, 1.54) is 148 Å². The number of aliphatic hydroxyl groups excluding tert-OH is 1. The van der Waals surface area contributed by atoms with E-state index in [0.717, 1.165) is 51.9 Å². The maximum atomic E-state index is 12.0. The minimum Gasteiger partial charge on any atom is -0.466 e. The molecule has 0 aliphatic heterocycles. The molecule has 264 valence electrons. The number of ether oxygens (including phenoxy) is 1. The van der Waals surface area contributed by atoms with Gasteiger partial charge in [-0.05, 0) is 45.3 Å². The largest absolute Gasteiger partial charge is 0.466 e. The van der Waals surface area contributed by atoms with Gasteiger partial charge in [-0.3, -0.25) is 4.79 Å². The number of aliphatic hydroxyl groups is 1. The fourth-order valence-electron chi connectivity index (χ4n) is 6.15. The van der Waals surface area contributed by atoms with E-state index in [1.54, 1.807) is 0 Å². The number of hydrogen-bond acceptors (Lipinski definition) is 5. The highest BCUT2D eigenvalue weighted by Gasteiger charge is 2.11. The molecule has 0 saturated carbocycles. The van der Waals surface area contributed by atoms with E-state index >= 15 is 0 Å². The topological polar surface area (TPSA) is 61.8 Å². The Morgan fingerprint density at radius 2 is 1.00 bits per heavy atom. The molecule has 0 spiro atoms. The first-order valence-corrected chi connectivity index (χ1v) is 19.9. The number of unbranched alkanes of at least 4 members (excludes halogenated alkanes) is 23. The lowest BCUT2D eigenvalue weighted by molar-refractivity contribution is -0.143. The number of rotatable bonds is 37. The van der Waals surface area contributed by atoms with Gasteiger partial charge in [0, 0.05) is 19.5 Å². The van der Waals surface area contributed by atoms with Crippen LogP contribution in [0, 0.1) is 0 Å². The molecule has 0 aliphatic rings. The fraction of sp³-hybridized carbons (Fsp3) is 0.974. The molecule has 0 aromatic heterocycles. The Hall–Kier alpha value is -0.650. The lowest BCUT2D eigenvalue weighted by Gasteiger charge is -2.25. The van der Waals surface area contributed by atoms with Gasteiger partial charge in [0.25, 0.3) is 0 Å². The van der Waals surface area contributed by atoms with Gasteiger partial charge in [0.15, 0.2) is 0 Å². The minimum absolute atomic E-state index is 0.0807. The van der Waals surface area contributed by atoms with Gasteiger partial charge in [-0.25, -0.2) is 0 Å². The van der Waals surface area contributed by atoms with Crippen LogP contribution in [0.25, 0.3) is 0 Å². The Morgan fingerprint density at radius 3 is 1.45 bits per heavy atom. The van der Waals surface area contributed by atoms with Crippen molar-refractivity contribution in [2.75, 3.05) is 39.3 Å². The van der Waals surface area contributed by atoms with Gasteiger partial charge >= 0.3 is 5.97 Å². The van der Waals surface area contributed by atoms with Crippen LogP contribution in [0.2, 0.25) is 0 Å². The second-order valence-electron chi connectivity index (χ2n) is 13.6. The van der Waals surface area contributed by atoms with Crippen LogP contribution in [-0.4, -0.2) is 61.4 Å². The highest BCUT2D eigenvalue weighted by atomic mass is 16.5. The van der Waals surface area contributed by atoms with Crippen molar-refractivity contribution in [2.24, 2.45) is 0 Å². The Labute approximate surface area is 276 Å². The molecule has 0 radical (unpaired) electrons. The number of nitrogens with zero attached hydrogens (tertiary/aromatic N) is 1. The zero-order chi connectivity index (χ0) is 32.2. The van der Waals surface area contributed by atoms with E-state index < -0.39 is 0 Å². The van der Waals surface area contributed by atoms with Gasteiger partial charge in [0.05, 0.1) is 12.7 Å². The number of carbonyl (C=O) groups is 1.